The molecule has 15 heavy (non-hydrogen) atoms. The first kappa shape index (κ1) is 10.2. The van der Waals surface area contributed by atoms with Crippen molar-refractivity contribution in [1.29, 1.82) is 0 Å². The van der Waals surface area contributed by atoms with Crippen LogP contribution in [0.25, 0.3) is 10.9 Å². The number of halogens is 1. The fraction of sp³-hybridized carbons (Fsp3) is 0.200. The number of nitrogens with one attached hydrogen (secondary N) is 1. The first-order valence-corrected chi connectivity index (χ1v) is 5.33. The summed E-state index contributed by atoms with van der Waals surface area (Å²) < 4.78 is 0.983. The molecule has 1 N–H and O–H groups in total. The number of nitrogens with zero attached hydrogens (tertiary/aromatic N) is 1. The monoisotopic (exact) mass is 268 g/mol. The summed E-state index contributed by atoms with van der Waals surface area (Å²) in [4.78, 5) is 13.1. The van der Waals surface area contributed by atoms with Gasteiger partial charge in [0.2, 0.25) is 6.54 Å². The van der Waals surface area contributed by atoms with Gasteiger partial charge in [0.1, 0.15) is 0 Å². The molecule has 0 unspecified atom stereocenters. The molecule has 4 nitrogen and oxygen atoms in total. The molecule has 0 bridgehead atoms. The molecule has 0 amide bonds. The van der Waals surface area contributed by atoms with E-state index in [1.165, 1.54) is 0 Å². The lowest BCUT2D eigenvalue weighted by Crippen LogP contribution is -2.03. The van der Waals surface area contributed by atoms with Crippen molar-refractivity contribution in [2.75, 3.05) is 6.54 Å². The third-order valence-corrected chi connectivity index (χ3v) is 2.79. The van der Waals surface area contributed by atoms with E-state index in [-0.39, 0.29) is 11.5 Å². The quantitative estimate of drug-likeness (QED) is 0.688. The van der Waals surface area contributed by atoms with Gasteiger partial charge in [0.15, 0.2) is 0 Å². The fourth-order valence-corrected chi connectivity index (χ4v) is 1.93. The molecule has 5 heteroatoms. The summed E-state index contributed by atoms with van der Waals surface area (Å²) >= 11 is 3.38. The summed E-state index contributed by atoms with van der Waals surface area (Å²) in [5, 5.41) is 11.3. The minimum atomic E-state index is -0.295. The van der Waals surface area contributed by atoms with Gasteiger partial charge in [0.25, 0.3) is 0 Å². The van der Waals surface area contributed by atoms with Crippen molar-refractivity contribution in [1.82, 2.24) is 4.98 Å². The number of nitro groups is 1. The van der Waals surface area contributed by atoms with E-state index in [0.29, 0.717) is 6.42 Å². The first-order valence-electron chi connectivity index (χ1n) is 4.54. The largest absolute Gasteiger partial charge is 0.361 e. The molecule has 1 heterocycles. The lowest BCUT2D eigenvalue weighted by atomic mass is 10.1. The number of hydrogen-bond donors (Lipinski definition) is 1. The predicted molar refractivity (Wildman–Crippen MR) is 61.6 cm³/mol. The standard InChI is InChI=1S/C10H9BrN2O2/c11-8-1-2-10-9(5-8)7(6-12-10)3-4-13(14)15/h1-2,5-6,12H,3-4H2. The summed E-state index contributed by atoms with van der Waals surface area (Å²) in [7, 11) is 0. The van der Waals surface area contributed by atoms with Crippen molar-refractivity contribution in [3.8, 4) is 0 Å². The molecule has 0 saturated carbocycles. The summed E-state index contributed by atoms with van der Waals surface area (Å²) in [6.45, 7) is -0.0283. The van der Waals surface area contributed by atoms with Crippen LogP contribution >= 0.6 is 15.9 Å². The Bertz CT molecular complexity index is 507. The number of fused-ring (bicyclic) bond motifs is 1. The summed E-state index contributed by atoms with van der Waals surface area (Å²) in [5.74, 6) is 0. The smallest absolute Gasteiger partial charge is 0.207 e. The SMILES string of the molecule is O=[N+]([O-])CCc1c[nH]c2ccc(Br)cc12. The van der Waals surface area contributed by atoms with Crippen molar-refractivity contribution in [3.63, 3.8) is 0 Å². The van der Waals surface area contributed by atoms with Gasteiger partial charge in [-0.3, -0.25) is 10.1 Å². The Morgan fingerprint density at radius 2 is 2.27 bits per heavy atom. The molecule has 2 rings (SSSR count). The van der Waals surface area contributed by atoms with Gasteiger partial charge in [0, 0.05) is 32.9 Å². The van der Waals surface area contributed by atoms with Gasteiger partial charge >= 0.3 is 0 Å². The van der Waals surface area contributed by atoms with Crippen molar-refractivity contribution >= 4 is 26.8 Å². The second-order valence-corrected chi connectivity index (χ2v) is 4.23. The number of aromatic nitrogens is 1. The molecule has 0 aliphatic carbocycles. The predicted octanol–water partition coefficient (Wildman–Crippen LogP) is 2.75. The Labute approximate surface area is 94.6 Å². The van der Waals surface area contributed by atoms with E-state index in [1.807, 2.05) is 24.4 Å². The third kappa shape index (κ3) is 2.18. The Morgan fingerprint density at radius 1 is 1.47 bits per heavy atom. The molecule has 0 aliphatic heterocycles. The van der Waals surface area contributed by atoms with Crippen LogP contribution < -0.4 is 0 Å². The minimum absolute atomic E-state index is 0.0283. The molecule has 0 spiro atoms. The zero-order valence-corrected chi connectivity index (χ0v) is 9.45. The Hall–Kier alpha value is -1.36. The molecule has 1 aromatic carbocycles. The average molecular weight is 269 g/mol. The molecular formula is C10H9BrN2O2. The van der Waals surface area contributed by atoms with Crippen LogP contribution in [0.3, 0.4) is 0 Å². The van der Waals surface area contributed by atoms with Gasteiger partial charge in [-0.15, -0.1) is 0 Å². The lowest BCUT2D eigenvalue weighted by molar-refractivity contribution is -0.479. The second-order valence-electron chi connectivity index (χ2n) is 3.31. The van der Waals surface area contributed by atoms with E-state index in [2.05, 4.69) is 20.9 Å². The highest BCUT2D eigenvalue weighted by Gasteiger charge is 2.06. The minimum Gasteiger partial charge on any atom is -0.361 e. The van der Waals surface area contributed by atoms with Crippen LogP contribution in [-0.4, -0.2) is 16.5 Å². The van der Waals surface area contributed by atoms with Crippen LogP contribution in [0.2, 0.25) is 0 Å². The van der Waals surface area contributed by atoms with Crippen LogP contribution in [-0.2, 0) is 6.42 Å². The first-order chi connectivity index (χ1) is 7.16. The van der Waals surface area contributed by atoms with Gasteiger partial charge in [-0.2, -0.15) is 0 Å². The maximum Gasteiger partial charge on any atom is 0.207 e. The number of rotatable bonds is 3. The van der Waals surface area contributed by atoms with Gasteiger partial charge in [-0.05, 0) is 23.8 Å². The van der Waals surface area contributed by atoms with Crippen LogP contribution in [0.5, 0.6) is 0 Å². The molecule has 1 aromatic heterocycles. The van der Waals surface area contributed by atoms with Crippen molar-refractivity contribution in [3.05, 3.63) is 44.5 Å². The van der Waals surface area contributed by atoms with Gasteiger partial charge < -0.3 is 4.98 Å². The van der Waals surface area contributed by atoms with Crippen molar-refractivity contribution in [2.24, 2.45) is 0 Å². The molecule has 0 fully saturated rings. The van der Waals surface area contributed by atoms with Crippen LogP contribution in [0.4, 0.5) is 0 Å². The Morgan fingerprint density at radius 3 is 3.00 bits per heavy atom. The van der Waals surface area contributed by atoms with Crippen LogP contribution in [0.1, 0.15) is 5.56 Å². The highest BCUT2D eigenvalue weighted by atomic mass is 79.9. The fourth-order valence-electron chi connectivity index (χ4n) is 1.57. The molecule has 0 aliphatic rings. The molecule has 2 aromatic rings. The second kappa shape index (κ2) is 4.02. The Balaban J connectivity index is 2.35. The Kier molecular flexibility index (Phi) is 2.73. The van der Waals surface area contributed by atoms with E-state index in [4.69, 9.17) is 0 Å². The van der Waals surface area contributed by atoms with Gasteiger partial charge in [0.05, 0.1) is 0 Å². The number of H-pyrrole nitrogens is 1. The van der Waals surface area contributed by atoms with Crippen molar-refractivity contribution in [2.45, 2.75) is 6.42 Å². The molecule has 0 saturated heterocycles. The zero-order valence-electron chi connectivity index (χ0n) is 7.87. The number of aromatic amines is 1. The average Bonchev–Trinajstić information content (AvgIpc) is 2.57. The number of benzene rings is 1. The zero-order chi connectivity index (χ0) is 10.8. The lowest BCUT2D eigenvalue weighted by Gasteiger charge is -1.96. The highest BCUT2D eigenvalue weighted by molar-refractivity contribution is 9.10. The summed E-state index contributed by atoms with van der Waals surface area (Å²) in [5.41, 5.74) is 2.00. The maximum absolute atomic E-state index is 10.3. The van der Waals surface area contributed by atoms with Gasteiger partial charge in [-0.1, -0.05) is 15.9 Å². The number of hydrogen-bond acceptors (Lipinski definition) is 2. The van der Waals surface area contributed by atoms with E-state index < -0.39 is 0 Å². The van der Waals surface area contributed by atoms with Crippen LogP contribution in [0.15, 0.2) is 28.9 Å². The van der Waals surface area contributed by atoms with E-state index >= 15 is 0 Å². The highest BCUT2D eigenvalue weighted by Crippen LogP contribution is 2.22. The van der Waals surface area contributed by atoms with Gasteiger partial charge in [-0.25, -0.2) is 0 Å². The van der Waals surface area contributed by atoms with Crippen LogP contribution in [0, 0.1) is 10.1 Å². The summed E-state index contributed by atoms with van der Waals surface area (Å²) in [6.07, 6.45) is 2.30. The third-order valence-electron chi connectivity index (χ3n) is 2.29. The van der Waals surface area contributed by atoms with E-state index in [9.17, 15) is 10.1 Å². The summed E-state index contributed by atoms with van der Waals surface area (Å²) in [6, 6.07) is 5.87. The molecule has 0 atom stereocenters. The molecule has 0 radical (unpaired) electrons. The van der Waals surface area contributed by atoms with E-state index in [1.54, 1.807) is 0 Å². The topological polar surface area (TPSA) is 58.9 Å². The normalized spacial score (nSPS) is 10.7. The molecule has 78 valence electrons. The van der Waals surface area contributed by atoms with E-state index in [0.717, 1.165) is 20.9 Å². The maximum atomic E-state index is 10.3. The molecular weight excluding hydrogens is 260 g/mol. The van der Waals surface area contributed by atoms with Crippen molar-refractivity contribution < 1.29 is 4.92 Å².